The van der Waals surface area contributed by atoms with Gasteiger partial charge in [-0.05, 0) is 49.8 Å². The summed E-state index contributed by atoms with van der Waals surface area (Å²) in [4.78, 5) is 11.0. The van der Waals surface area contributed by atoms with Crippen molar-refractivity contribution < 1.29 is 14.6 Å². The Balaban J connectivity index is 2.69. The van der Waals surface area contributed by atoms with E-state index in [1.54, 1.807) is 13.8 Å². The highest BCUT2D eigenvalue weighted by molar-refractivity contribution is 5.73. The first-order valence-corrected chi connectivity index (χ1v) is 7.01. The smallest absolute Gasteiger partial charge is 0.309 e. The second kappa shape index (κ2) is 5.86. The number of ether oxygens (including phenoxy) is 1. The fourth-order valence-corrected chi connectivity index (χ4v) is 1.80. The van der Waals surface area contributed by atoms with E-state index >= 15 is 0 Å². The predicted molar refractivity (Wildman–Crippen MR) is 81.4 cm³/mol. The van der Waals surface area contributed by atoms with Crippen LogP contribution in [0.3, 0.4) is 0 Å². The number of carbonyl (C=O) groups is 1. The first kappa shape index (κ1) is 16.5. The van der Waals surface area contributed by atoms with Crippen molar-refractivity contribution in [2.24, 2.45) is 5.41 Å². The zero-order valence-electron chi connectivity index (χ0n) is 13.4. The maximum Gasteiger partial charge on any atom is 0.309 e. The number of aryl methyl sites for hydroxylation is 1. The number of benzene rings is 1. The predicted octanol–water partition coefficient (Wildman–Crippen LogP) is 4.17. The van der Waals surface area contributed by atoms with E-state index in [2.05, 4.69) is 32.9 Å². The molecule has 0 fully saturated rings. The molecule has 1 aromatic rings. The van der Waals surface area contributed by atoms with Crippen molar-refractivity contribution in [2.75, 3.05) is 6.61 Å². The maximum absolute atomic E-state index is 11.0. The first-order chi connectivity index (χ1) is 9.04. The van der Waals surface area contributed by atoms with Gasteiger partial charge in [-0.15, -0.1) is 0 Å². The Morgan fingerprint density at radius 2 is 1.80 bits per heavy atom. The Bertz CT molecular complexity index is 481. The molecule has 1 N–H and O–H groups in total. The second-order valence-electron chi connectivity index (χ2n) is 7.02. The van der Waals surface area contributed by atoms with Gasteiger partial charge < -0.3 is 9.84 Å². The second-order valence-corrected chi connectivity index (χ2v) is 7.02. The summed E-state index contributed by atoms with van der Waals surface area (Å²) in [7, 11) is 0. The van der Waals surface area contributed by atoms with Gasteiger partial charge in [0.15, 0.2) is 0 Å². The zero-order chi connectivity index (χ0) is 15.6. The molecule has 112 valence electrons. The molecule has 0 unspecified atom stereocenters. The lowest BCUT2D eigenvalue weighted by molar-refractivity contribution is -0.147. The van der Waals surface area contributed by atoms with Crippen LogP contribution in [0.15, 0.2) is 18.2 Å². The maximum atomic E-state index is 11.0. The van der Waals surface area contributed by atoms with Gasteiger partial charge in [0.25, 0.3) is 0 Å². The van der Waals surface area contributed by atoms with Crippen molar-refractivity contribution in [1.82, 2.24) is 0 Å². The number of carboxylic acid groups (broad SMARTS) is 1. The fraction of sp³-hybridized carbons (Fsp3) is 0.588. The summed E-state index contributed by atoms with van der Waals surface area (Å²) in [6, 6.07) is 6.19. The summed E-state index contributed by atoms with van der Waals surface area (Å²) >= 11 is 0. The lowest BCUT2D eigenvalue weighted by atomic mass is 9.86. The van der Waals surface area contributed by atoms with Gasteiger partial charge in [0.1, 0.15) is 5.75 Å². The lowest BCUT2D eigenvalue weighted by Crippen LogP contribution is -2.26. The van der Waals surface area contributed by atoms with Crippen LogP contribution in [0.4, 0.5) is 0 Å². The monoisotopic (exact) mass is 278 g/mol. The minimum absolute atomic E-state index is 0.120. The molecule has 0 atom stereocenters. The fourth-order valence-electron chi connectivity index (χ4n) is 1.80. The summed E-state index contributed by atoms with van der Waals surface area (Å²) in [5.74, 6) is 0.0418. The summed E-state index contributed by atoms with van der Waals surface area (Å²) in [6.45, 7) is 12.4. The van der Waals surface area contributed by atoms with Gasteiger partial charge in [-0.2, -0.15) is 0 Å². The van der Waals surface area contributed by atoms with Crippen LogP contribution in [0.2, 0.25) is 0 Å². The molecular weight excluding hydrogens is 252 g/mol. The van der Waals surface area contributed by atoms with E-state index in [9.17, 15) is 4.79 Å². The highest BCUT2D eigenvalue weighted by Crippen LogP contribution is 2.28. The van der Waals surface area contributed by atoms with Crippen molar-refractivity contribution >= 4 is 5.97 Å². The quantitative estimate of drug-likeness (QED) is 0.879. The van der Waals surface area contributed by atoms with Crippen LogP contribution in [0, 0.1) is 12.3 Å². The van der Waals surface area contributed by atoms with E-state index in [4.69, 9.17) is 9.84 Å². The first-order valence-electron chi connectivity index (χ1n) is 7.01. The SMILES string of the molecule is Cc1cc(C(C)(C)C)ccc1OCCC(C)(C)C(=O)O. The topological polar surface area (TPSA) is 46.5 Å². The Hall–Kier alpha value is -1.51. The van der Waals surface area contributed by atoms with Gasteiger partial charge in [0.05, 0.1) is 12.0 Å². The lowest BCUT2D eigenvalue weighted by Gasteiger charge is -2.22. The third-order valence-electron chi connectivity index (χ3n) is 3.60. The largest absolute Gasteiger partial charge is 0.493 e. The van der Waals surface area contributed by atoms with Crippen LogP contribution in [0.1, 0.15) is 52.2 Å². The van der Waals surface area contributed by atoms with E-state index in [0.717, 1.165) is 11.3 Å². The molecule has 0 aliphatic rings. The average Bonchev–Trinajstić information content (AvgIpc) is 2.29. The van der Waals surface area contributed by atoms with Crippen molar-refractivity contribution in [2.45, 2.75) is 53.4 Å². The number of aliphatic carboxylic acids is 1. The van der Waals surface area contributed by atoms with Crippen LogP contribution in [-0.2, 0) is 10.2 Å². The Morgan fingerprint density at radius 1 is 1.20 bits per heavy atom. The molecule has 0 amide bonds. The van der Waals surface area contributed by atoms with Crippen LogP contribution in [-0.4, -0.2) is 17.7 Å². The molecule has 20 heavy (non-hydrogen) atoms. The van der Waals surface area contributed by atoms with Crippen LogP contribution < -0.4 is 4.74 Å². The molecule has 0 saturated carbocycles. The van der Waals surface area contributed by atoms with Gasteiger partial charge >= 0.3 is 5.97 Å². The van der Waals surface area contributed by atoms with E-state index in [1.165, 1.54) is 5.56 Å². The number of hydrogen-bond acceptors (Lipinski definition) is 2. The van der Waals surface area contributed by atoms with Gasteiger partial charge in [0.2, 0.25) is 0 Å². The van der Waals surface area contributed by atoms with Crippen molar-refractivity contribution in [1.29, 1.82) is 0 Å². The van der Waals surface area contributed by atoms with E-state index in [0.29, 0.717) is 13.0 Å². The summed E-state index contributed by atoms with van der Waals surface area (Å²) < 4.78 is 5.73. The van der Waals surface area contributed by atoms with Crippen molar-refractivity contribution in [3.8, 4) is 5.75 Å². The number of hydrogen-bond donors (Lipinski definition) is 1. The molecule has 1 rings (SSSR count). The van der Waals surface area contributed by atoms with E-state index in [-0.39, 0.29) is 5.41 Å². The van der Waals surface area contributed by atoms with Gasteiger partial charge in [-0.25, -0.2) is 0 Å². The van der Waals surface area contributed by atoms with Crippen molar-refractivity contribution in [3.63, 3.8) is 0 Å². The molecular formula is C17H26O3. The molecule has 3 heteroatoms. The number of carboxylic acids is 1. The molecule has 0 saturated heterocycles. The average molecular weight is 278 g/mol. The molecule has 0 bridgehead atoms. The Labute approximate surface area is 122 Å². The van der Waals surface area contributed by atoms with E-state index < -0.39 is 11.4 Å². The molecule has 1 aromatic carbocycles. The van der Waals surface area contributed by atoms with Crippen LogP contribution in [0.25, 0.3) is 0 Å². The minimum atomic E-state index is -0.791. The van der Waals surface area contributed by atoms with E-state index in [1.807, 2.05) is 13.0 Å². The highest BCUT2D eigenvalue weighted by atomic mass is 16.5. The molecule has 0 spiro atoms. The minimum Gasteiger partial charge on any atom is -0.493 e. The van der Waals surface area contributed by atoms with Gasteiger partial charge in [0, 0.05) is 0 Å². The third-order valence-corrected chi connectivity index (χ3v) is 3.60. The number of rotatable bonds is 5. The van der Waals surface area contributed by atoms with Crippen LogP contribution in [0.5, 0.6) is 5.75 Å². The molecule has 0 aliphatic heterocycles. The molecule has 0 radical (unpaired) electrons. The summed E-state index contributed by atoms with van der Waals surface area (Å²) in [6.07, 6.45) is 0.489. The van der Waals surface area contributed by atoms with Gasteiger partial charge in [-0.3, -0.25) is 4.79 Å². The van der Waals surface area contributed by atoms with Crippen molar-refractivity contribution in [3.05, 3.63) is 29.3 Å². The zero-order valence-corrected chi connectivity index (χ0v) is 13.4. The highest BCUT2D eigenvalue weighted by Gasteiger charge is 2.26. The Morgan fingerprint density at radius 3 is 2.25 bits per heavy atom. The molecule has 0 aliphatic carbocycles. The third kappa shape index (κ3) is 4.26. The molecule has 3 nitrogen and oxygen atoms in total. The molecule has 0 heterocycles. The van der Waals surface area contributed by atoms with Gasteiger partial charge in [-0.1, -0.05) is 32.9 Å². The normalized spacial score (nSPS) is 12.3. The molecule has 0 aromatic heterocycles. The standard InChI is InChI=1S/C17H26O3/c1-12-11-13(16(2,3)4)7-8-14(12)20-10-9-17(5,6)15(18)19/h7-8,11H,9-10H2,1-6H3,(H,18,19). The van der Waals surface area contributed by atoms with Crippen LogP contribution >= 0.6 is 0 Å². The summed E-state index contributed by atoms with van der Waals surface area (Å²) in [5, 5.41) is 9.06. The Kier molecular flexibility index (Phi) is 4.85. The summed E-state index contributed by atoms with van der Waals surface area (Å²) in [5.41, 5.74) is 1.73.